The lowest BCUT2D eigenvalue weighted by molar-refractivity contribution is 0.281. The van der Waals surface area contributed by atoms with Crippen LogP contribution in [0.4, 0.5) is 0 Å². The molecule has 1 aromatic heterocycles. The highest BCUT2D eigenvalue weighted by Gasteiger charge is 2.37. The highest BCUT2D eigenvalue weighted by molar-refractivity contribution is 6.87. The van der Waals surface area contributed by atoms with Crippen LogP contribution in [0, 0.1) is 0 Å². The standard InChI is InChI=1S/C37H68N2O4Si3/c1-9-10-11-12-16-20-23-30-41-37-38-32-35(33-39-37)34-25-27-36(28-26-34)40-29-22-19-17-14-13-15-18-21-24-31-45(5,6)43-46(7,8)42-44(2,3)4/h25-28,32-33H,9-24,29-31H2,1-8H3. The Morgan fingerprint density at radius 3 is 1.52 bits per heavy atom. The SMILES string of the molecule is CCCCCCCCCOc1ncc(-c2ccc(OCCCCCCCCCCC[Si](C)(C)O[Si](C)(C)O[Si](C)(C)C)cc2)cn1. The normalized spacial score (nSPS) is 12.4. The van der Waals surface area contributed by atoms with Crippen molar-refractivity contribution in [1.82, 2.24) is 9.97 Å². The quantitative estimate of drug-likeness (QED) is 0.0687. The van der Waals surface area contributed by atoms with E-state index in [-0.39, 0.29) is 0 Å². The van der Waals surface area contributed by atoms with E-state index in [9.17, 15) is 0 Å². The van der Waals surface area contributed by atoms with Crippen LogP contribution in [0.15, 0.2) is 36.7 Å². The van der Waals surface area contributed by atoms with Gasteiger partial charge in [0.2, 0.25) is 0 Å². The van der Waals surface area contributed by atoms with Crippen molar-refractivity contribution in [2.45, 2.75) is 162 Å². The zero-order valence-corrected chi connectivity index (χ0v) is 33.9. The molecular formula is C37H68N2O4Si3. The molecule has 0 aliphatic carbocycles. The molecule has 0 fully saturated rings. The van der Waals surface area contributed by atoms with E-state index >= 15 is 0 Å². The molecule has 0 unspecified atom stereocenters. The van der Waals surface area contributed by atoms with Gasteiger partial charge in [-0.05, 0) is 82.4 Å². The van der Waals surface area contributed by atoms with E-state index in [1.54, 1.807) is 0 Å². The fourth-order valence-electron chi connectivity index (χ4n) is 6.06. The highest BCUT2D eigenvalue weighted by atomic mass is 28.5. The zero-order valence-electron chi connectivity index (χ0n) is 30.9. The maximum absolute atomic E-state index is 6.64. The number of hydrogen-bond donors (Lipinski definition) is 0. The van der Waals surface area contributed by atoms with Gasteiger partial charge in [0.15, 0.2) is 16.6 Å². The smallest absolute Gasteiger partial charge is 0.316 e. The Labute approximate surface area is 286 Å². The Morgan fingerprint density at radius 1 is 0.522 bits per heavy atom. The lowest BCUT2D eigenvalue weighted by Crippen LogP contribution is -2.51. The first kappa shape index (κ1) is 40.6. The summed E-state index contributed by atoms with van der Waals surface area (Å²) in [5, 5.41) is 0. The molecule has 2 aromatic rings. The van der Waals surface area contributed by atoms with E-state index < -0.39 is 25.2 Å². The fourth-order valence-corrected chi connectivity index (χ4v) is 19.3. The second-order valence-electron chi connectivity index (χ2n) is 15.0. The molecule has 0 radical (unpaired) electrons. The van der Waals surface area contributed by atoms with Crippen molar-refractivity contribution in [2.75, 3.05) is 13.2 Å². The van der Waals surface area contributed by atoms with Crippen LogP contribution in [0.1, 0.15) is 110 Å². The second-order valence-corrected chi connectivity index (χ2v) is 27.7. The maximum Gasteiger partial charge on any atom is 0.316 e. The van der Waals surface area contributed by atoms with Crippen molar-refractivity contribution >= 4 is 25.2 Å². The summed E-state index contributed by atoms with van der Waals surface area (Å²) in [7, 11) is -5.21. The van der Waals surface area contributed by atoms with Crippen LogP contribution in [0.5, 0.6) is 11.8 Å². The maximum atomic E-state index is 6.64. The molecule has 9 heteroatoms. The first-order chi connectivity index (χ1) is 21.9. The molecule has 0 atom stereocenters. The highest BCUT2D eigenvalue weighted by Crippen LogP contribution is 2.25. The van der Waals surface area contributed by atoms with Gasteiger partial charge in [-0.25, -0.2) is 9.97 Å². The molecule has 0 aliphatic heterocycles. The summed E-state index contributed by atoms with van der Waals surface area (Å²) >= 11 is 0. The first-order valence-corrected chi connectivity index (χ1v) is 27.8. The predicted octanol–water partition coefficient (Wildman–Crippen LogP) is 11.9. The Balaban J connectivity index is 1.48. The van der Waals surface area contributed by atoms with Gasteiger partial charge in [-0.1, -0.05) is 109 Å². The largest absolute Gasteiger partial charge is 0.494 e. The number of rotatable bonds is 27. The third-order valence-electron chi connectivity index (χ3n) is 8.06. The third kappa shape index (κ3) is 20.0. The van der Waals surface area contributed by atoms with Crippen LogP contribution < -0.4 is 9.47 Å². The minimum absolute atomic E-state index is 0.464. The van der Waals surface area contributed by atoms with Crippen LogP contribution >= 0.6 is 0 Å². The molecule has 0 saturated carbocycles. The van der Waals surface area contributed by atoms with Gasteiger partial charge in [0, 0.05) is 18.0 Å². The van der Waals surface area contributed by atoms with Crippen LogP contribution in [-0.4, -0.2) is 48.4 Å². The van der Waals surface area contributed by atoms with Gasteiger partial charge in [0.05, 0.1) is 13.2 Å². The van der Waals surface area contributed by atoms with Gasteiger partial charge >= 0.3 is 14.6 Å². The summed E-state index contributed by atoms with van der Waals surface area (Å²) in [4.78, 5) is 8.81. The van der Waals surface area contributed by atoms with Crippen LogP contribution in [-0.2, 0) is 8.23 Å². The van der Waals surface area contributed by atoms with E-state index in [0.29, 0.717) is 12.6 Å². The van der Waals surface area contributed by atoms with Crippen LogP contribution in [0.2, 0.25) is 51.9 Å². The average molecular weight is 689 g/mol. The van der Waals surface area contributed by atoms with E-state index in [1.165, 1.54) is 95.9 Å². The van der Waals surface area contributed by atoms with Crippen molar-refractivity contribution in [1.29, 1.82) is 0 Å². The molecule has 262 valence electrons. The van der Waals surface area contributed by atoms with Crippen molar-refractivity contribution in [3.63, 3.8) is 0 Å². The molecule has 6 nitrogen and oxygen atoms in total. The predicted molar refractivity (Wildman–Crippen MR) is 203 cm³/mol. The van der Waals surface area contributed by atoms with Crippen molar-refractivity contribution < 1.29 is 17.7 Å². The minimum atomic E-state index is -2.01. The Morgan fingerprint density at radius 2 is 1.00 bits per heavy atom. The summed E-state index contributed by atoms with van der Waals surface area (Å²) < 4.78 is 24.8. The number of benzene rings is 1. The molecule has 0 bridgehead atoms. The molecule has 1 aromatic carbocycles. The number of unbranched alkanes of at least 4 members (excludes halogenated alkanes) is 14. The number of ether oxygens (including phenoxy) is 2. The van der Waals surface area contributed by atoms with Crippen molar-refractivity contribution in [3.05, 3.63) is 36.7 Å². The van der Waals surface area contributed by atoms with Crippen LogP contribution in [0.25, 0.3) is 11.1 Å². The first-order valence-electron chi connectivity index (χ1n) is 18.5. The number of aromatic nitrogens is 2. The Hall–Kier alpha value is -1.53. The van der Waals surface area contributed by atoms with Gasteiger partial charge in [0.25, 0.3) is 0 Å². The molecule has 1 heterocycles. The number of hydrogen-bond acceptors (Lipinski definition) is 6. The summed E-state index contributed by atoms with van der Waals surface area (Å²) in [6, 6.07) is 9.95. The fraction of sp³-hybridized carbons (Fsp3) is 0.730. The lowest BCUT2D eigenvalue weighted by Gasteiger charge is -2.37. The van der Waals surface area contributed by atoms with Gasteiger partial charge < -0.3 is 17.7 Å². The van der Waals surface area contributed by atoms with Gasteiger partial charge in [-0.2, -0.15) is 0 Å². The molecule has 0 spiro atoms. The summed E-state index contributed by atoms with van der Waals surface area (Å²) in [6.45, 7) is 19.7. The van der Waals surface area contributed by atoms with Gasteiger partial charge in [-0.15, -0.1) is 0 Å². The molecule has 46 heavy (non-hydrogen) atoms. The second kappa shape index (κ2) is 22.2. The van der Waals surface area contributed by atoms with Crippen molar-refractivity contribution in [3.8, 4) is 22.9 Å². The van der Waals surface area contributed by atoms with E-state index in [1.807, 2.05) is 24.5 Å². The summed E-state index contributed by atoms with van der Waals surface area (Å²) in [5.41, 5.74) is 2.07. The minimum Gasteiger partial charge on any atom is -0.494 e. The van der Waals surface area contributed by atoms with Crippen molar-refractivity contribution in [2.24, 2.45) is 0 Å². The molecule has 0 saturated heterocycles. The van der Waals surface area contributed by atoms with Gasteiger partial charge in [-0.3, -0.25) is 0 Å². The van der Waals surface area contributed by atoms with E-state index in [0.717, 1.165) is 36.3 Å². The molecule has 0 amide bonds. The Kier molecular flexibility index (Phi) is 19.6. The third-order valence-corrected chi connectivity index (χ3v) is 18.2. The molecule has 2 rings (SSSR count). The average Bonchev–Trinajstić information content (AvgIpc) is 2.98. The van der Waals surface area contributed by atoms with Crippen LogP contribution in [0.3, 0.4) is 0 Å². The summed E-state index contributed by atoms with van der Waals surface area (Å²) in [5.74, 6) is 0.922. The lowest BCUT2D eigenvalue weighted by atomic mass is 10.1. The Bertz CT molecular complexity index is 1040. The zero-order chi connectivity index (χ0) is 33.7. The number of nitrogens with zero attached hydrogens (tertiary/aromatic N) is 2. The summed E-state index contributed by atoms with van der Waals surface area (Å²) in [6.07, 6.45) is 24.2. The van der Waals surface area contributed by atoms with E-state index in [4.69, 9.17) is 17.7 Å². The molecule has 0 aliphatic rings. The molecule has 0 N–H and O–H groups in total. The van der Waals surface area contributed by atoms with E-state index in [2.05, 4.69) is 74.9 Å². The van der Waals surface area contributed by atoms with Gasteiger partial charge in [0.1, 0.15) is 5.75 Å². The topological polar surface area (TPSA) is 62.7 Å². The monoisotopic (exact) mass is 688 g/mol. The molecular weight excluding hydrogens is 621 g/mol.